The molecule has 114 valence electrons. The van der Waals surface area contributed by atoms with Gasteiger partial charge in [-0.1, -0.05) is 13.8 Å². The fraction of sp³-hybridized carbons (Fsp3) is 0.500. The number of rotatable bonds is 5. The van der Waals surface area contributed by atoms with Crippen molar-refractivity contribution in [2.24, 2.45) is 5.92 Å². The van der Waals surface area contributed by atoms with Gasteiger partial charge in [0.15, 0.2) is 0 Å². The highest BCUT2D eigenvalue weighted by atomic mass is 16.2. The second kappa shape index (κ2) is 6.16. The Morgan fingerprint density at radius 2 is 1.86 bits per heavy atom. The molecule has 0 unspecified atom stereocenters. The molecule has 1 saturated heterocycles. The molecule has 1 aliphatic heterocycles. The second-order valence-corrected chi connectivity index (χ2v) is 5.94. The summed E-state index contributed by atoms with van der Waals surface area (Å²) in [6, 6.07) is 7.43. The Hall–Kier alpha value is -2.04. The van der Waals surface area contributed by atoms with Crippen LogP contribution in [-0.4, -0.2) is 43.5 Å². The van der Waals surface area contributed by atoms with Gasteiger partial charge in [0.25, 0.3) is 5.91 Å². The number of nitrogens with zero attached hydrogens (tertiary/aromatic N) is 2. The van der Waals surface area contributed by atoms with Gasteiger partial charge in [0.05, 0.1) is 0 Å². The van der Waals surface area contributed by atoms with Gasteiger partial charge in [-0.3, -0.25) is 9.59 Å². The van der Waals surface area contributed by atoms with Gasteiger partial charge in [0, 0.05) is 38.3 Å². The molecule has 2 rings (SSSR count). The number of carbonyl (C=O) groups is 2. The van der Waals surface area contributed by atoms with Crippen LogP contribution in [0.5, 0.6) is 0 Å². The first-order chi connectivity index (χ1) is 9.90. The lowest BCUT2D eigenvalue weighted by atomic mass is 10.0. The summed E-state index contributed by atoms with van der Waals surface area (Å²) in [5.74, 6) is 0.148. The van der Waals surface area contributed by atoms with Gasteiger partial charge in [-0.2, -0.15) is 0 Å². The summed E-state index contributed by atoms with van der Waals surface area (Å²) in [5, 5.41) is 2.97. The first-order valence-electron chi connectivity index (χ1n) is 7.28. The first kappa shape index (κ1) is 15.4. The first-order valence-corrected chi connectivity index (χ1v) is 7.28. The van der Waals surface area contributed by atoms with Crippen molar-refractivity contribution in [3.63, 3.8) is 0 Å². The number of likely N-dealkylation sites (tertiary alicyclic amines) is 1. The normalized spacial score (nSPS) is 15.7. The molecule has 0 spiro atoms. The zero-order valence-electron chi connectivity index (χ0n) is 13.1. The van der Waals surface area contributed by atoms with Gasteiger partial charge in [-0.05, 0) is 30.2 Å². The van der Waals surface area contributed by atoms with Crippen LogP contribution in [0.15, 0.2) is 24.3 Å². The van der Waals surface area contributed by atoms with Gasteiger partial charge >= 0.3 is 0 Å². The average molecular weight is 289 g/mol. The summed E-state index contributed by atoms with van der Waals surface area (Å²) in [7, 11) is 3.92. The summed E-state index contributed by atoms with van der Waals surface area (Å²) < 4.78 is 0. The smallest absolute Gasteiger partial charge is 0.252 e. The van der Waals surface area contributed by atoms with Crippen molar-refractivity contribution in [2.45, 2.75) is 26.4 Å². The van der Waals surface area contributed by atoms with Gasteiger partial charge in [0.1, 0.15) is 6.17 Å². The third kappa shape index (κ3) is 3.35. The molecular formula is C16H23N3O2. The molecule has 1 N–H and O–H groups in total. The van der Waals surface area contributed by atoms with Crippen molar-refractivity contribution in [1.82, 2.24) is 10.2 Å². The Balaban J connectivity index is 2.06. The van der Waals surface area contributed by atoms with E-state index in [4.69, 9.17) is 0 Å². The van der Waals surface area contributed by atoms with Crippen molar-refractivity contribution in [3.8, 4) is 0 Å². The molecule has 5 nitrogen and oxygen atoms in total. The molecule has 1 aromatic rings. The predicted molar refractivity (Wildman–Crippen MR) is 83.2 cm³/mol. The molecule has 5 heteroatoms. The molecule has 2 amide bonds. The van der Waals surface area contributed by atoms with Crippen LogP contribution in [0, 0.1) is 5.92 Å². The predicted octanol–water partition coefficient (Wildman–Crippen LogP) is 1.70. The minimum Gasteiger partial charge on any atom is -0.378 e. The van der Waals surface area contributed by atoms with E-state index in [0.717, 1.165) is 12.2 Å². The third-order valence-corrected chi connectivity index (χ3v) is 3.78. The van der Waals surface area contributed by atoms with Crippen LogP contribution in [0.4, 0.5) is 5.69 Å². The molecule has 0 aliphatic carbocycles. The molecule has 0 saturated carbocycles. The number of anilines is 1. The van der Waals surface area contributed by atoms with E-state index in [9.17, 15) is 9.59 Å². The quantitative estimate of drug-likeness (QED) is 0.839. The van der Waals surface area contributed by atoms with E-state index in [2.05, 4.69) is 5.32 Å². The van der Waals surface area contributed by atoms with Crippen molar-refractivity contribution in [1.29, 1.82) is 0 Å². The summed E-state index contributed by atoms with van der Waals surface area (Å²) in [6.07, 6.45) is 0.351. The third-order valence-electron chi connectivity index (χ3n) is 3.78. The number of nitrogens with one attached hydrogen (secondary N) is 1. The highest BCUT2D eigenvalue weighted by Gasteiger charge is 2.33. The molecule has 21 heavy (non-hydrogen) atoms. The van der Waals surface area contributed by atoms with Crippen LogP contribution in [0.3, 0.4) is 0 Å². The zero-order valence-corrected chi connectivity index (χ0v) is 13.1. The van der Waals surface area contributed by atoms with Gasteiger partial charge in [-0.25, -0.2) is 0 Å². The standard InChI is InChI=1S/C16H23N3O2/c1-11(2)15(19-10-9-14(19)20)17-16(21)12-5-7-13(8-6-12)18(3)4/h5-8,11,15H,9-10H2,1-4H3,(H,17,21)/t15-/m0/s1. The Bertz CT molecular complexity index is 523. The maximum Gasteiger partial charge on any atom is 0.252 e. The molecule has 0 bridgehead atoms. The van der Waals surface area contributed by atoms with Gasteiger partial charge in [-0.15, -0.1) is 0 Å². The van der Waals surface area contributed by atoms with Gasteiger partial charge < -0.3 is 15.1 Å². The number of carbonyl (C=O) groups excluding carboxylic acids is 2. The summed E-state index contributed by atoms with van der Waals surface area (Å²) in [6.45, 7) is 4.74. The molecule has 0 aromatic heterocycles. The maximum absolute atomic E-state index is 12.3. The van der Waals surface area contributed by atoms with E-state index in [-0.39, 0.29) is 23.9 Å². The summed E-state index contributed by atoms with van der Waals surface area (Å²) in [5.41, 5.74) is 1.66. The lowest BCUT2D eigenvalue weighted by Crippen LogP contribution is -2.59. The number of benzene rings is 1. The topological polar surface area (TPSA) is 52.7 Å². The van der Waals surface area contributed by atoms with E-state index >= 15 is 0 Å². The van der Waals surface area contributed by atoms with Crippen LogP contribution >= 0.6 is 0 Å². The van der Waals surface area contributed by atoms with Crippen LogP contribution in [-0.2, 0) is 4.79 Å². The van der Waals surface area contributed by atoms with E-state index < -0.39 is 0 Å². The lowest BCUT2D eigenvalue weighted by Gasteiger charge is -2.40. The fourth-order valence-electron chi connectivity index (χ4n) is 2.36. The maximum atomic E-state index is 12.3. The SMILES string of the molecule is CC(C)[C@@H](NC(=O)c1ccc(N(C)C)cc1)N1CCC1=O. The van der Waals surface area contributed by atoms with E-state index in [1.807, 2.05) is 45.0 Å². The summed E-state index contributed by atoms with van der Waals surface area (Å²) in [4.78, 5) is 27.6. The zero-order chi connectivity index (χ0) is 15.6. The molecule has 0 radical (unpaired) electrons. The monoisotopic (exact) mass is 289 g/mol. The molecule has 1 aromatic carbocycles. The van der Waals surface area contributed by atoms with Crippen LogP contribution in [0.25, 0.3) is 0 Å². The number of β-lactam (4-membered cyclic amide) rings is 1. The van der Waals surface area contributed by atoms with Crippen molar-refractivity contribution in [3.05, 3.63) is 29.8 Å². The summed E-state index contributed by atoms with van der Waals surface area (Å²) >= 11 is 0. The van der Waals surface area contributed by atoms with Crippen LogP contribution in [0.1, 0.15) is 30.6 Å². The molecular weight excluding hydrogens is 266 g/mol. The van der Waals surface area contributed by atoms with E-state index in [1.54, 1.807) is 17.0 Å². The molecule has 1 aliphatic rings. The Morgan fingerprint density at radius 1 is 1.24 bits per heavy atom. The van der Waals surface area contributed by atoms with Gasteiger partial charge in [0.2, 0.25) is 5.91 Å². The Kier molecular flexibility index (Phi) is 4.50. The largest absolute Gasteiger partial charge is 0.378 e. The number of hydrogen-bond donors (Lipinski definition) is 1. The van der Waals surface area contributed by atoms with Crippen LogP contribution < -0.4 is 10.2 Å². The number of hydrogen-bond acceptors (Lipinski definition) is 3. The Labute approximate surface area is 125 Å². The van der Waals surface area contributed by atoms with E-state index in [1.165, 1.54) is 0 Å². The minimum atomic E-state index is -0.229. The Morgan fingerprint density at radius 3 is 2.24 bits per heavy atom. The average Bonchev–Trinajstić information content (AvgIpc) is 2.44. The highest BCUT2D eigenvalue weighted by Crippen LogP contribution is 2.18. The minimum absolute atomic E-state index is 0.108. The molecule has 1 heterocycles. The van der Waals surface area contributed by atoms with Crippen LogP contribution in [0.2, 0.25) is 0 Å². The number of amides is 2. The highest BCUT2D eigenvalue weighted by molar-refractivity contribution is 5.95. The fourth-order valence-corrected chi connectivity index (χ4v) is 2.36. The van der Waals surface area contributed by atoms with Crippen molar-refractivity contribution >= 4 is 17.5 Å². The van der Waals surface area contributed by atoms with Crippen molar-refractivity contribution < 1.29 is 9.59 Å². The molecule has 1 atom stereocenters. The molecule has 1 fully saturated rings. The van der Waals surface area contributed by atoms with E-state index in [0.29, 0.717) is 12.0 Å². The van der Waals surface area contributed by atoms with Crippen molar-refractivity contribution in [2.75, 3.05) is 25.5 Å². The second-order valence-electron chi connectivity index (χ2n) is 5.94. The lowest BCUT2D eigenvalue weighted by molar-refractivity contribution is -0.144.